The van der Waals surface area contributed by atoms with E-state index >= 15 is 0 Å². The Hall–Kier alpha value is -3.61. The molecule has 2 saturated heterocycles. The van der Waals surface area contributed by atoms with Crippen molar-refractivity contribution in [1.82, 2.24) is 14.0 Å². The topological polar surface area (TPSA) is 128 Å². The number of fused-ring (bicyclic) bond motifs is 1. The maximum Gasteiger partial charge on any atom is 0.340 e. The van der Waals surface area contributed by atoms with Crippen LogP contribution in [0.15, 0.2) is 52.2 Å². The van der Waals surface area contributed by atoms with E-state index in [2.05, 4.69) is 67.2 Å². The normalized spacial score (nSPS) is 22.8. The Morgan fingerprint density at radius 2 is 1.50 bits per heavy atom. The maximum atomic E-state index is 14.1. The maximum absolute atomic E-state index is 14.1. The van der Waals surface area contributed by atoms with E-state index in [1.165, 1.54) is 23.2 Å². The summed E-state index contributed by atoms with van der Waals surface area (Å²) >= 11 is 0. The minimum absolute atomic E-state index is 0.0267. The molecule has 0 aliphatic carbocycles. The summed E-state index contributed by atoms with van der Waals surface area (Å²) in [5.41, 5.74) is -1.52. The van der Waals surface area contributed by atoms with Gasteiger partial charge in [0.05, 0.1) is 19.7 Å². The first kappa shape index (κ1) is 39.2. The summed E-state index contributed by atoms with van der Waals surface area (Å²) in [4.78, 5) is 55.2. The fourth-order valence-electron chi connectivity index (χ4n) is 6.82. The number of carbonyl (C=O) groups is 2. The number of hydrogen-bond donors (Lipinski definition) is 0. The zero-order valence-corrected chi connectivity index (χ0v) is 32.2. The van der Waals surface area contributed by atoms with E-state index in [0.717, 1.165) is 10.6 Å². The van der Waals surface area contributed by atoms with Gasteiger partial charge in [0.2, 0.25) is 5.91 Å². The first-order valence-corrected chi connectivity index (χ1v) is 21.0. The van der Waals surface area contributed by atoms with Crippen LogP contribution in [0.5, 0.6) is 0 Å². The van der Waals surface area contributed by atoms with Crippen LogP contribution >= 0.6 is 0 Å². The molecule has 14 heteroatoms. The molecule has 50 heavy (non-hydrogen) atoms. The van der Waals surface area contributed by atoms with Gasteiger partial charge in [-0.05, 0) is 34.3 Å². The first-order valence-electron chi connectivity index (χ1n) is 17.0. The Bertz CT molecular complexity index is 1690. The number of nitrogens with zero attached hydrogens (tertiary/aromatic N) is 3. The second kappa shape index (κ2) is 16.2. The van der Waals surface area contributed by atoms with Gasteiger partial charge in [-0.3, -0.25) is 19.0 Å². The summed E-state index contributed by atoms with van der Waals surface area (Å²) in [6.45, 7) is 16.2. The highest BCUT2D eigenvalue weighted by molar-refractivity contribution is 6.84. The van der Waals surface area contributed by atoms with Gasteiger partial charge >= 0.3 is 22.8 Å². The molecule has 3 heterocycles. The van der Waals surface area contributed by atoms with Crippen molar-refractivity contribution >= 4 is 28.9 Å². The van der Waals surface area contributed by atoms with Crippen LogP contribution in [0.3, 0.4) is 0 Å². The molecular weight excluding hydrogens is 675 g/mol. The lowest BCUT2D eigenvalue weighted by Crippen LogP contribution is -2.66. The second-order valence-corrected chi connectivity index (χ2v) is 22.8. The Labute approximate surface area is 296 Å². The summed E-state index contributed by atoms with van der Waals surface area (Å²) < 4.78 is 36.1. The minimum Gasteiger partial charge on any atom is -0.414 e. The number of carbonyl (C=O) groups excluding carboxylic acids is 2. The standard InChI is InChI=1S/C36H49N3O9Si2/c1-11-19-37(20-12-2)31(41)23-44-33-32-29(22-45-49(24(3)4,25(5)6)48-50(47-32,26(7)8)27(9)10)46-35(33)38-21-18-30(40)39(36(38)43)34(42)28-16-14-13-15-17-28/h1-2,13-18,21,24-27,29,32-33,35H,19-20,22-23H2,3-10H3/t29-,32-,33-,35?/m1/s1. The van der Waals surface area contributed by atoms with Crippen LogP contribution < -0.4 is 11.2 Å². The molecule has 2 aliphatic rings. The summed E-state index contributed by atoms with van der Waals surface area (Å²) in [5.74, 6) is 3.60. The average molecular weight is 724 g/mol. The van der Waals surface area contributed by atoms with Crippen LogP contribution in [-0.2, 0) is 27.2 Å². The lowest BCUT2D eigenvalue weighted by molar-refractivity contribution is -0.141. The number of amides is 1. The number of hydrogen-bond acceptors (Lipinski definition) is 9. The third kappa shape index (κ3) is 7.53. The minimum atomic E-state index is -3.21. The van der Waals surface area contributed by atoms with Crippen molar-refractivity contribution in [3.05, 3.63) is 69.0 Å². The number of benzene rings is 1. The third-order valence-corrected chi connectivity index (χ3v) is 19.7. The van der Waals surface area contributed by atoms with Gasteiger partial charge in [-0.25, -0.2) is 4.79 Å². The van der Waals surface area contributed by atoms with Gasteiger partial charge in [-0.2, -0.15) is 4.57 Å². The zero-order valence-electron chi connectivity index (χ0n) is 30.2. The number of ether oxygens (including phenoxy) is 2. The van der Waals surface area contributed by atoms with Gasteiger partial charge in [0.15, 0.2) is 6.23 Å². The molecule has 270 valence electrons. The number of rotatable bonds is 11. The van der Waals surface area contributed by atoms with Gasteiger partial charge in [-0.1, -0.05) is 85.4 Å². The molecule has 1 aromatic heterocycles. The van der Waals surface area contributed by atoms with Crippen molar-refractivity contribution in [3.63, 3.8) is 0 Å². The van der Waals surface area contributed by atoms with E-state index in [4.69, 9.17) is 35.3 Å². The molecule has 2 aliphatic heterocycles. The second-order valence-electron chi connectivity index (χ2n) is 13.9. The molecule has 2 fully saturated rings. The van der Waals surface area contributed by atoms with Crippen molar-refractivity contribution in [3.8, 4) is 24.7 Å². The molecule has 0 radical (unpaired) electrons. The van der Waals surface area contributed by atoms with Crippen LogP contribution in [0, 0.1) is 24.7 Å². The Kier molecular flexibility index (Phi) is 12.7. The van der Waals surface area contributed by atoms with Gasteiger partial charge in [0, 0.05) is 17.8 Å². The van der Waals surface area contributed by atoms with E-state index < -0.39 is 71.3 Å². The Balaban J connectivity index is 1.87. The monoisotopic (exact) mass is 723 g/mol. The largest absolute Gasteiger partial charge is 0.414 e. The summed E-state index contributed by atoms with van der Waals surface area (Å²) in [6, 6.07) is 9.14. The van der Waals surface area contributed by atoms with Crippen molar-refractivity contribution in [2.45, 2.75) is 102 Å². The molecule has 4 rings (SSSR count). The Morgan fingerprint density at radius 1 is 0.920 bits per heavy atom. The smallest absolute Gasteiger partial charge is 0.340 e. The lowest BCUT2D eigenvalue weighted by atomic mass is 10.1. The summed E-state index contributed by atoms with van der Waals surface area (Å²) in [7, 11) is -6.16. The predicted octanol–water partition coefficient (Wildman–Crippen LogP) is 4.03. The molecule has 0 N–H and O–H groups in total. The van der Waals surface area contributed by atoms with Crippen LogP contribution in [0.1, 0.15) is 72.0 Å². The molecule has 12 nitrogen and oxygen atoms in total. The Morgan fingerprint density at radius 3 is 2.04 bits per heavy atom. The van der Waals surface area contributed by atoms with Crippen LogP contribution in [0.25, 0.3) is 0 Å². The van der Waals surface area contributed by atoms with E-state index in [0.29, 0.717) is 4.57 Å². The molecule has 2 aromatic rings. The predicted molar refractivity (Wildman–Crippen MR) is 193 cm³/mol. The average Bonchev–Trinajstić information content (AvgIpc) is 3.38. The zero-order chi connectivity index (χ0) is 37.0. The van der Waals surface area contributed by atoms with Gasteiger partial charge in [-0.15, -0.1) is 12.8 Å². The number of aromatic nitrogens is 2. The van der Waals surface area contributed by atoms with E-state index in [1.54, 1.807) is 18.2 Å². The van der Waals surface area contributed by atoms with Crippen LogP contribution in [0.2, 0.25) is 22.2 Å². The van der Waals surface area contributed by atoms with E-state index in [-0.39, 0.29) is 47.4 Å². The third-order valence-electron chi connectivity index (χ3n) is 9.44. The van der Waals surface area contributed by atoms with E-state index in [1.807, 2.05) is 0 Å². The lowest BCUT2D eigenvalue weighted by Gasteiger charge is -2.51. The van der Waals surface area contributed by atoms with Crippen LogP contribution in [0.4, 0.5) is 0 Å². The molecular formula is C36H49N3O9Si2. The van der Waals surface area contributed by atoms with Gasteiger partial charge in [0.25, 0.3) is 11.5 Å². The highest BCUT2D eigenvalue weighted by Crippen LogP contribution is 2.48. The molecule has 0 spiro atoms. The van der Waals surface area contributed by atoms with Crippen molar-refractivity contribution < 1.29 is 32.0 Å². The molecule has 0 saturated carbocycles. The van der Waals surface area contributed by atoms with E-state index in [9.17, 15) is 19.2 Å². The highest BCUT2D eigenvalue weighted by Gasteiger charge is 2.62. The molecule has 0 bridgehead atoms. The quantitative estimate of drug-likeness (QED) is 0.250. The van der Waals surface area contributed by atoms with Gasteiger partial charge < -0.3 is 27.3 Å². The molecule has 1 unspecified atom stereocenters. The highest BCUT2D eigenvalue weighted by atomic mass is 28.5. The molecule has 4 atom stereocenters. The fourth-order valence-corrected chi connectivity index (χ4v) is 18.0. The molecule has 1 amide bonds. The number of terminal acetylenes is 2. The van der Waals surface area contributed by atoms with Crippen LogP contribution in [-0.4, -0.2) is 87.6 Å². The summed E-state index contributed by atoms with van der Waals surface area (Å²) in [6.07, 6.45) is 8.31. The van der Waals surface area contributed by atoms with Crippen molar-refractivity contribution in [2.75, 3.05) is 26.3 Å². The fraction of sp³-hybridized carbons (Fsp3) is 0.556. The van der Waals surface area contributed by atoms with Crippen molar-refractivity contribution in [1.29, 1.82) is 0 Å². The summed E-state index contributed by atoms with van der Waals surface area (Å²) in [5, 5.41) is 0. The van der Waals surface area contributed by atoms with Crippen molar-refractivity contribution in [2.24, 2.45) is 0 Å². The molecule has 1 aromatic carbocycles. The first-order chi connectivity index (χ1) is 23.6. The van der Waals surface area contributed by atoms with Gasteiger partial charge in [0.1, 0.15) is 24.9 Å². The SMILES string of the molecule is C#CCN(CC#C)C(=O)CO[C@H]1C(n2ccc(=O)n(C(=O)c3ccccc3)c2=O)O[C@@H]2CO[Si](C(C)C)(C(C)C)O[Si](C(C)C)(C(C)C)O[C@H]21.